The van der Waals surface area contributed by atoms with Crippen LogP contribution in [0, 0.1) is 13.8 Å². The quantitative estimate of drug-likeness (QED) is 0.748. The molecule has 0 unspecified atom stereocenters. The molecular formula is C19H23BrClN3O. The maximum absolute atomic E-state index is 12.4. The predicted molar refractivity (Wildman–Crippen MR) is 110 cm³/mol. The fourth-order valence-corrected chi connectivity index (χ4v) is 3.23. The minimum atomic E-state index is -0.0297. The van der Waals surface area contributed by atoms with Gasteiger partial charge in [-0.3, -0.25) is 0 Å². The lowest BCUT2D eigenvalue weighted by atomic mass is 10.1. The number of halogens is 2. The Hall–Kier alpha value is -1.72. The van der Waals surface area contributed by atoms with Gasteiger partial charge < -0.3 is 15.1 Å². The van der Waals surface area contributed by atoms with Gasteiger partial charge in [-0.15, -0.1) is 12.4 Å². The fourth-order valence-electron chi connectivity index (χ4n) is 2.96. The molecule has 1 saturated heterocycles. The number of rotatable bonds is 2. The van der Waals surface area contributed by atoms with Gasteiger partial charge in [0.05, 0.1) is 0 Å². The SMILES string of the molecule is Cc1cccc(N2CCN(C(=O)Nc3ccc(Br)cc3)CC2)c1C.Cl. The second-order valence-electron chi connectivity index (χ2n) is 6.13. The number of carbonyl (C=O) groups is 1. The summed E-state index contributed by atoms with van der Waals surface area (Å²) < 4.78 is 1.00. The van der Waals surface area contributed by atoms with E-state index in [4.69, 9.17) is 0 Å². The van der Waals surface area contributed by atoms with Gasteiger partial charge in [-0.05, 0) is 55.3 Å². The standard InChI is InChI=1S/C19H22BrN3O.ClH/c1-14-4-3-5-18(15(14)2)22-10-12-23(13-11-22)19(24)21-17-8-6-16(20)7-9-17;/h3-9H,10-13H2,1-2H3,(H,21,24);1H. The summed E-state index contributed by atoms with van der Waals surface area (Å²) in [5, 5.41) is 2.96. The molecule has 3 rings (SSSR count). The Morgan fingerprint density at radius 3 is 2.28 bits per heavy atom. The predicted octanol–water partition coefficient (Wildman–Crippen LogP) is 4.84. The lowest BCUT2D eigenvalue weighted by Gasteiger charge is -2.37. The molecule has 0 spiro atoms. The summed E-state index contributed by atoms with van der Waals surface area (Å²) in [6.45, 7) is 7.49. The number of hydrogen-bond acceptors (Lipinski definition) is 2. The Bertz CT molecular complexity index is 728. The van der Waals surface area contributed by atoms with E-state index in [1.54, 1.807) is 0 Å². The molecule has 1 aliphatic rings. The number of carbonyl (C=O) groups excluding carboxylic acids is 1. The van der Waals surface area contributed by atoms with Crippen molar-refractivity contribution in [2.75, 3.05) is 36.4 Å². The lowest BCUT2D eigenvalue weighted by Crippen LogP contribution is -2.50. The fraction of sp³-hybridized carbons (Fsp3) is 0.316. The molecular weight excluding hydrogens is 402 g/mol. The number of nitrogens with zero attached hydrogens (tertiary/aromatic N) is 2. The zero-order valence-corrected chi connectivity index (χ0v) is 16.9. The van der Waals surface area contributed by atoms with Crippen molar-refractivity contribution in [3.8, 4) is 0 Å². The summed E-state index contributed by atoms with van der Waals surface area (Å²) in [6.07, 6.45) is 0. The van der Waals surface area contributed by atoms with E-state index in [-0.39, 0.29) is 18.4 Å². The van der Waals surface area contributed by atoms with Crippen LogP contribution < -0.4 is 10.2 Å². The van der Waals surface area contributed by atoms with Crippen LogP contribution in [0.4, 0.5) is 16.2 Å². The molecule has 1 fully saturated rings. The topological polar surface area (TPSA) is 35.6 Å². The van der Waals surface area contributed by atoms with E-state index in [0.717, 1.165) is 36.3 Å². The number of nitrogens with one attached hydrogen (secondary N) is 1. The van der Waals surface area contributed by atoms with Crippen molar-refractivity contribution in [3.63, 3.8) is 0 Å². The highest BCUT2D eigenvalue weighted by molar-refractivity contribution is 9.10. The monoisotopic (exact) mass is 423 g/mol. The van der Waals surface area contributed by atoms with Crippen LogP contribution in [0.5, 0.6) is 0 Å². The Balaban J connectivity index is 0.00000225. The van der Waals surface area contributed by atoms with Gasteiger partial charge in [-0.1, -0.05) is 28.1 Å². The summed E-state index contributed by atoms with van der Waals surface area (Å²) in [7, 11) is 0. The molecule has 2 amide bonds. The first-order chi connectivity index (χ1) is 11.5. The number of piperazine rings is 1. The molecule has 0 radical (unpaired) electrons. The number of urea groups is 1. The van der Waals surface area contributed by atoms with Gasteiger partial charge in [-0.25, -0.2) is 4.79 Å². The first-order valence-corrected chi connectivity index (χ1v) is 8.96. The molecule has 25 heavy (non-hydrogen) atoms. The number of benzene rings is 2. The van der Waals surface area contributed by atoms with Crippen molar-refractivity contribution in [3.05, 3.63) is 58.1 Å². The largest absolute Gasteiger partial charge is 0.368 e. The number of anilines is 2. The van der Waals surface area contributed by atoms with Gasteiger partial charge in [0.25, 0.3) is 0 Å². The molecule has 0 atom stereocenters. The average Bonchev–Trinajstić information content (AvgIpc) is 2.59. The molecule has 6 heteroatoms. The van der Waals surface area contributed by atoms with E-state index in [2.05, 4.69) is 58.2 Å². The van der Waals surface area contributed by atoms with Gasteiger partial charge in [0.2, 0.25) is 0 Å². The molecule has 2 aromatic carbocycles. The third kappa shape index (κ3) is 4.67. The highest BCUT2D eigenvalue weighted by Crippen LogP contribution is 2.24. The van der Waals surface area contributed by atoms with E-state index in [9.17, 15) is 4.79 Å². The smallest absolute Gasteiger partial charge is 0.321 e. The van der Waals surface area contributed by atoms with Crippen molar-refractivity contribution in [2.45, 2.75) is 13.8 Å². The minimum absolute atomic E-state index is 0. The molecule has 0 aliphatic carbocycles. The second-order valence-corrected chi connectivity index (χ2v) is 7.05. The van der Waals surface area contributed by atoms with Gasteiger partial charge in [0, 0.05) is 42.0 Å². The van der Waals surface area contributed by atoms with E-state index in [1.807, 2.05) is 29.2 Å². The highest BCUT2D eigenvalue weighted by Gasteiger charge is 2.22. The Kier molecular flexibility index (Phi) is 6.73. The Morgan fingerprint density at radius 1 is 1.00 bits per heavy atom. The third-order valence-electron chi connectivity index (χ3n) is 4.58. The summed E-state index contributed by atoms with van der Waals surface area (Å²) in [5.41, 5.74) is 4.73. The number of hydrogen-bond donors (Lipinski definition) is 1. The lowest BCUT2D eigenvalue weighted by molar-refractivity contribution is 0.208. The van der Waals surface area contributed by atoms with E-state index in [0.29, 0.717) is 0 Å². The molecule has 0 aromatic heterocycles. The first-order valence-electron chi connectivity index (χ1n) is 8.17. The van der Waals surface area contributed by atoms with Crippen LogP contribution in [0.2, 0.25) is 0 Å². The zero-order valence-electron chi connectivity index (χ0n) is 14.5. The van der Waals surface area contributed by atoms with Crippen LogP contribution in [-0.2, 0) is 0 Å². The molecule has 2 aromatic rings. The molecule has 1 heterocycles. The molecule has 0 bridgehead atoms. The van der Waals surface area contributed by atoms with Crippen LogP contribution >= 0.6 is 28.3 Å². The third-order valence-corrected chi connectivity index (χ3v) is 5.11. The summed E-state index contributed by atoms with van der Waals surface area (Å²) >= 11 is 3.40. The van der Waals surface area contributed by atoms with Crippen LogP contribution in [-0.4, -0.2) is 37.1 Å². The van der Waals surface area contributed by atoms with Crippen molar-refractivity contribution < 1.29 is 4.79 Å². The maximum atomic E-state index is 12.4. The van der Waals surface area contributed by atoms with Crippen molar-refractivity contribution >= 4 is 45.7 Å². The van der Waals surface area contributed by atoms with Gasteiger partial charge >= 0.3 is 6.03 Å². The molecule has 1 N–H and O–H groups in total. The van der Waals surface area contributed by atoms with Crippen molar-refractivity contribution in [1.82, 2.24) is 4.90 Å². The summed E-state index contributed by atoms with van der Waals surface area (Å²) in [4.78, 5) is 16.6. The molecule has 4 nitrogen and oxygen atoms in total. The van der Waals surface area contributed by atoms with E-state index < -0.39 is 0 Å². The highest BCUT2D eigenvalue weighted by atomic mass is 79.9. The Morgan fingerprint density at radius 2 is 1.64 bits per heavy atom. The second kappa shape index (κ2) is 8.59. The summed E-state index contributed by atoms with van der Waals surface area (Å²) in [6, 6.07) is 14.0. The number of amides is 2. The first kappa shape index (κ1) is 19.6. The van der Waals surface area contributed by atoms with Gasteiger partial charge in [0.1, 0.15) is 0 Å². The molecule has 0 saturated carbocycles. The molecule has 1 aliphatic heterocycles. The van der Waals surface area contributed by atoms with E-state index >= 15 is 0 Å². The summed E-state index contributed by atoms with van der Waals surface area (Å²) in [5.74, 6) is 0. The maximum Gasteiger partial charge on any atom is 0.321 e. The average molecular weight is 425 g/mol. The van der Waals surface area contributed by atoms with Crippen molar-refractivity contribution in [1.29, 1.82) is 0 Å². The minimum Gasteiger partial charge on any atom is -0.368 e. The number of aryl methyl sites for hydroxylation is 1. The van der Waals surface area contributed by atoms with Crippen molar-refractivity contribution in [2.24, 2.45) is 0 Å². The van der Waals surface area contributed by atoms with E-state index in [1.165, 1.54) is 16.8 Å². The Labute approximate surface area is 163 Å². The van der Waals surface area contributed by atoms with Crippen LogP contribution in [0.3, 0.4) is 0 Å². The van der Waals surface area contributed by atoms with Gasteiger partial charge in [0.15, 0.2) is 0 Å². The van der Waals surface area contributed by atoms with Crippen LogP contribution in [0.1, 0.15) is 11.1 Å². The normalized spacial score (nSPS) is 14.0. The molecule has 134 valence electrons. The van der Waals surface area contributed by atoms with Gasteiger partial charge in [-0.2, -0.15) is 0 Å². The zero-order chi connectivity index (χ0) is 17.1. The van der Waals surface area contributed by atoms with Crippen LogP contribution in [0.25, 0.3) is 0 Å². The van der Waals surface area contributed by atoms with Crippen LogP contribution in [0.15, 0.2) is 46.9 Å².